The summed E-state index contributed by atoms with van der Waals surface area (Å²) in [6.45, 7) is 2.14. The van der Waals surface area contributed by atoms with Crippen molar-refractivity contribution >= 4 is 27.3 Å². The zero-order valence-corrected chi connectivity index (χ0v) is 14.8. The maximum Gasteiger partial charge on any atom is 0.240 e. The van der Waals surface area contributed by atoms with Crippen molar-refractivity contribution in [2.24, 2.45) is 5.41 Å². The summed E-state index contributed by atoms with van der Waals surface area (Å²) in [5.74, 6) is -1.23. The van der Waals surface area contributed by atoms with Crippen LogP contribution in [0.1, 0.15) is 26.2 Å². The van der Waals surface area contributed by atoms with Crippen LogP contribution < -0.4 is 5.32 Å². The van der Waals surface area contributed by atoms with Crippen LogP contribution in [0.3, 0.4) is 0 Å². The number of anilines is 1. The second-order valence-electron chi connectivity index (χ2n) is 6.69. The highest BCUT2D eigenvalue weighted by Gasteiger charge is 2.58. The number of nitrogens with one attached hydrogen (secondary N) is 1. The van der Waals surface area contributed by atoms with Gasteiger partial charge in [-0.25, -0.2) is 12.8 Å². The molecule has 1 saturated heterocycles. The van der Waals surface area contributed by atoms with Crippen molar-refractivity contribution in [3.05, 3.63) is 30.1 Å². The Balaban J connectivity index is 1.74. The Morgan fingerprint density at radius 3 is 2.60 bits per heavy atom. The number of benzene rings is 1. The van der Waals surface area contributed by atoms with Gasteiger partial charge in [-0.1, -0.05) is 6.07 Å². The van der Waals surface area contributed by atoms with Crippen molar-refractivity contribution in [2.45, 2.75) is 32.2 Å². The fourth-order valence-corrected chi connectivity index (χ4v) is 5.07. The first-order valence-electron chi connectivity index (χ1n) is 8.36. The topological polar surface area (TPSA) is 83.6 Å². The summed E-state index contributed by atoms with van der Waals surface area (Å²) in [7, 11) is -3.12. The van der Waals surface area contributed by atoms with E-state index >= 15 is 0 Å². The standard InChI is InChI=1S/C17H21FN2O4S/c1-2-20(14-6-9-25(23,24)11-14)16(22)17(7-8-17)15(21)19-13-5-3-4-12(18)10-13/h3-5,10,14H,2,6-9,11H2,1H3,(H,19,21). The van der Waals surface area contributed by atoms with E-state index in [1.807, 2.05) is 0 Å². The molecule has 0 bridgehead atoms. The summed E-state index contributed by atoms with van der Waals surface area (Å²) in [5.41, 5.74) is -0.857. The normalized spacial score (nSPS) is 23.0. The molecule has 1 unspecified atom stereocenters. The molecule has 1 atom stereocenters. The molecule has 1 N–H and O–H groups in total. The van der Waals surface area contributed by atoms with E-state index in [4.69, 9.17) is 0 Å². The van der Waals surface area contributed by atoms with E-state index in [0.29, 0.717) is 31.5 Å². The Hall–Kier alpha value is -1.96. The van der Waals surface area contributed by atoms with Gasteiger partial charge in [0.05, 0.1) is 11.5 Å². The Bertz CT molecular complexity index is 805. The van der Waals surface area contributed by atoms with Crippen LogP contribution in [0.15, 0.2) is 24.3 Å². The van der Waals surface area contributed by atoms with Gasteiger partial charge in [0, 0.05) is 18.3 Å². The summed E-state index contributed by atoms with van der Waals surface area (Å²) in [4.78, 5) is 27.1. The molecule has 6 nitrogen and oxygen atoms in total. The highest BCUT2D eigenvalue weighted by molar-refractivity contribution is 7.91. The van der Waals surface area contributed by atoms with Gasteiger partial charge in [-0.05, 0) is 44.4 Å². The van der Waals surface area contributed by atoms with Crippen LogP contribution in [0.2, 0.25) is 0 Å². The van der Waals surface area contributed by atoms with E-state index in [2.05, 4.69) is 5.32 Å². The van der Waals surface area contributed by atoms with Gasteiger partial charge in [0.2, 0.25) is 11.8 Å². The molecule has 0 aromatic heterocycles. The highest BCUT2D eigenvalue weighted by atomic mass is 32.2. The molecule has 2 amide bonds. The molecule has 2 aliphatic rings. The van der Waals surface area contributed by atoms with Crippen LogP contribution >= 0.6 is 0 Å². The predicted molar refractivity (Wildman–Crippen MR) is 91.1 cm³/mol. The average Bonchev–Trinajstić information content (AvgIpc) is 3.28. The quantitative estimate of drug-likeness (QED) is 0.800. The predicted octanol–water partition coefficient (Wildman–Crippen LogP) is 1.58. The molecular weight excluding hydrogens is 347 g/mol. The van der Waals surface area contributed by atoms with Gasteiger partial charge in [-0.2, -0.15) is 0 Å². The molecule has 136 valence electrons. The molecule has 25 heavy (non-hydrogen) atoms. The molecule has 1 aromatic carbocycles. The van der Waals surface area contributed by atoms with Gasteiger partial charge in [0.25, 0.3) is 0 Å². The lowest BCUT2D eigenvalue weighted by molar-refractivity contribution is -0.143. The molecule has 1 aliphatic heterocycles. The van der Waals surface area contributed by atoms with Crippen molar-refractivity contribution < 1.29 is 22.4 Å². The number of carbonyl (C=O) groups excluding carboxylic acids is 2. The molecule has 1 aromatic rings. The molecule has 8 heteroatoms. The molecule has 1 heterocycles. The Morgan fingerprint density at radius 2 is 2.08 bits per heavy atom. The van der Waals surface area contributed by atoms with Crippen LogP contribution in [0.4, 0.5) is 10.1 Å². The first-order valence-corrected chi connectivity index (χ1v) is 10.2. The minimum Gasteiger partial charge on any atom is -0.338 e. The zero-order chi connectivity index (χ0) is 18.2. The number of amides is 2. The van der Waals surface area contributed by atoms with E-state index in [9.17, 15) is 22.4 Å². The molecule has 0 radical (unpaired) electrons. The van der Waals surface area contributed by atoms with Gasteiger partial charge in [0.1, 0.15) is 11.2 Å². The SMILES string of the molecule is CCN(C(=O)C1(C(=O)Nc2cccc(F)c2)CC1)C1CCS(=O)(=O)C1. The van der Waals surface area contributed by atoms with E-state index in [1.54, 1.807) is 13.0 Å². The fraction of sp³-hybridized carbons (Fsp3) is 0.529. The largest absolute Gasteiger partial charge is 0.338 e. The molecule has 1 saturated carbocycles. The van der Waals surface area contributed by atoms with Crippen molar-refractivity contribution in [1.82, 2.24) is 4.90 Å². The van der Waals surface area contributed by atoms with E-state index in [0.717, 1.165) is 0 Å². The van der Waals surface area contributed by atoms with Crippen LogP contribution in [-0.4, -0.2) is 49.2 Å². The van der Waals surface area contributed by atoms with Crippen molar-refractivity contribution in [1.29, 1.82) is 0 Å². The summed E-state index contributed by atoms with van der Waals surface area (Å²) in [6, 6.07) is 5.13. The maximum absolute atomic E-state index is 13.3. The Kier molecular flexibility index (Phi) is 4.57. The second kappa shape index (κ2) is 6.40. The molecular formula is C17H21FN2O4S. The lowest BCUT2D eigenvalue weighted by Crippen LogP contribution is -2.48. The molecule has 2 fully saturated rings. The fourth-order valence-electron chi connectivity index (χ4n) is 3.34. The van der Waals surface area contributed by atoms with E-state index < -0.39 is 27.0 Å². The molecule has 0 spiro atoms. The Labute approximate surface area is 146 Å². The van der Waals surface area contributed by atoms with Crippen LogP contribution in [-0.2, 0) is 19.4 Å². The van der Waals surface area contributed by atoms with E-state index in [-0.39, 0.29) is 23.5 Å². The molecule has 3 rings (SSSR count). The van der Waals surface area contributed by atoms with Crippen LogP contribution in [0.25, 0.3) is 0 Å². The second-order valence-corrected chi connectivity index (χ2v) is 8.92. The third kappa shape index (κ3) is 3.53. The minimum absolute atomic E-state index is 0.0474. The maximum atomic E-state index is 13.3. The van der Waals surface area contributed by atoms with Gasteiger partial charge in [-0.15, -0.1) is 0 Å². The Morgan fingerprint density at radius 1 is 1.36 bits per heavy atom. The number of hydrogen-bond donors (Lipinski definition) is 1. The smallest absolute Gasteiger partial charge is 0.240 e. The first-order chi connectivity index (χ1) is 11.8. The highest BCUT2D eigenvalue weighted by Crippen LogP contribution is 2.48. The summed E-state index contributed by atoms with van der Waals surface area (Å²) >= 11 is 0. The lowest BCUT2D eigenvalue weighted by atomic mass is 10.0. The number of sulfone groups is 1. The lowest BCUT2D eigenvalue weighted by Gasteiger charge is -2.30. The number of hydrogen-bond acceptors (Lipinski definition) is 4. The van der Waals surface area contributed by atoms with E-state index in [1.165, 1.54) is 23.1 Å². The average molecular weight is 368 g/mol. The summed E-state index contributed by atoms with van der Waals surface area (Å²) < 4.78 is 36.7. The van der Waals surface area contributed by atoms with Gasteiger partial charge >= 0.3 is 0 Å². The van der Waals surface area contributed by atoms with Crippen LogP contribution in [0.5, 0.6) is 0 Å². The third-order valence-corrected chi connectivity index (χ3v) is 6.68. The minimum atomic E-state index is -3.12. The van der Waals surface area contributed by atoms with Crippen molar-refractivity contribution in [3.8, 4) is 0 Å². The molecule has 1 aliphatic carbocycles. The number of nitrogens with zero attached hydrogens (tertiary/aromatic N) is 1. The van der Waals surface area contributed by atoms with Crippen molar-refractivity contribution in [2.75, 3.05) is 23.4 Å². The van der Waals surface area contributed by atoms with Gasteiger partial charge < -0.3 is 10.2 Å². The number of rotatable bonds is 5. The summed E-state index contributed by atoms with van der Waals surface area (Å²) in [6.07, 6.45) is 1.25. The number of carbonyl (C=O) groups is 2. The number of halogens is 1. The van der Waals surface area contributed by atoms with Crippen molar-refractivity contribution in [3.63, 3.8) is 0 Å². The monoisotopic (exact) mass is 368 g/mol. The van der Waals surface area contributed by atoms with Gasteiger partial charge in [-0.3, -0.25) is 9.59 Å². The van der Waals surface area contributed by atoms with Gasteiger partial charge in [0.15, 0.2) is 9.84 Å². The third-order valence-electron chi connectivity index (χ3n) is 4.93. The van der Waals surface area contributed by atoms with Crippen LogP contribution in [0, 0.1) is 11.2 Å². The zero-order valence-electron chi connectivity index (χ0n) is 14.0. The first kappa shape index (κ1) is 17.8. The summed E-state index contributed by atoms with van der Waals surface area (Å²) in [5, 5.41) is 2.61.